The Kier molecular flexibility index (Phi) is 7.71. The molecule has 3 aromatic rings. The van der Waals surface area contributed by atoms with Gasteiger partial charge in [-0.25, -0.2) is 4.79 Å². The van der Waals surface area contributed by atoms with E-state index in [2.05, 4.69) is 5.32 Å². The summed E-state index contributed by atoms with van der Waals surface area (Å²) in [6, 6.07) is 17.1. The average molecular weight is 436 g/mol. The van der Waals surface area contributed by atoms with Gasteiger partial charge in [0.05, 0.1) is 20.8 Å². The van der Waals surface area contributed by atoms with Crippen LogP contribution in [-0.4, -0.2) is 20.2 Å². The summed E-state index contributed by atoms with van der Waals surface area (Å²) in [6.07, 6.45) is 1.93. The second-order valence-electron chi connectivity index (χ2n) is 7.24. The maximum absolute atomic E-state index is 12.5. The van der Waals surface area contributed by atoms with Crippen molar-refractivity contribution < 1.29 is 18.7 Å². The number of rotatable bonds is 7. The van der Waals surface area contributed by atoms with E-state index >= 15 is 0 Å². The van der Waals surface area contributed by atoms with E-state index in [1.54, 1.807) is 7.11 Å². The van der Waals surface area contributed by atoms with Gasteiger partial charge in [0.1, 0.15) is 11.5 Å². The molecule has 1 heterocycles. The highest BCUT2D eigenvalue weighted by atomic mass is 16.5. The molecule has 0 radical (unpaired) electrons. The predicted octanol–water partition coefficient (Wildman–Crippen LogP) is 5.62. The largest absolute Gasteiger partial charge is 0.497 e. The van der Waals surface area contributed by atoms with E-state index in [0.717, 1.165) is 35.4 Å². The molecule has 0 unspecified atom stereocenters. The van der Waals surface area contributed by atoms with Crippen molar-refractivity contribution in [2.75, 3.05) is 19.5 Å². The van der Waals surface area contributed by atoms with Gasteiger partial charge in [-0.1, -0.05) is 38.1 Å². The molecule has 1 aromatic heterocycles. The molecule has 1 aliphatic carbocycles. The third-order valence-electron chi connectivity index (χ3n) is 5.19. The Morgan fingerprint density at radius 2 is 1.59 bits per heavy atom. The zero-order chi connectivity index (χ0) is 23.1. The van der Waals surface area contributed by atoms with Gasteiger partial charge < -0.3 is 19.2 Å². The first-order valence-electron chi connectivity index (χ1n) is 10.8. The van der Waals surface area contributed by atoms with Crippen molar-refractivity contribution in [1.29, 1.82) is 0 Å². The van der Waals surface area contributed by atoms with Crippen molar-refractivity contribution in [3.8, 4) is 16.9 Å². The monoisotopic (exact) mass is 435 g/mol. The Hall–Kier alpha value is -3.54. The molecule has 6 heteroatoms. The number of hydrogen-bond acceptors (Lipinski definition) is 6. The van der Waals surface area contributed by atoms with Crippen LogP contribution in [0.5, 0.6) is 5.75 Å². The number of ether oxygens (including phenoxy) is 2. The Labute approximate surface area is 188 Å². The summed E-state index contributed by atoms with van der Waals surface area (Å²) in [5, 5.41) is 3.29. The van der Waals surface area contributed by atoms with Gasteiger partial charge in [0.25, 0.3) is 0 Å². The fourth-order valence-electron chi connectivity index (χ4n) is 3.43. The van der Waals surface area contributed by atoms with Gasteiger partial charge in [-0.05, 0) is 54.2 Å². The summed E-state index contributed by atoms with van der Waals surface area (Å²) in [7, 11) is 2.91. The maximum Gasteiger partial charge on any atom is 0.374 e. The number of hydrogen-bond donors (Lipinski definition) is 1. The van der Waals surface area contributed by atoms with Crippen LogP contribution in [0.15, 0.2) is 63.8 Å². The third kappa shape index (κ3) is 5.38. The number of anilines is 1. The van der Waals surface area contributed by atoms with Crippen molar-refractivity contribution in [3.05, 3.63) is 81.9 Å². The van der Waals surface area contributed by atoms with Gasteiger partial charge in [-0.2, -0.15) is 0 Å². The molecule has 0 bridgehead atoms. The summed E-state index contributed by atoms with van der Waals surface area (Å²) < 4.78 is 15.6. The van der Waals surface area contributed by atoms with Gasteiger partial charge in [-0.15, -0.1) is 0 Å². The van der Waals surface area contributed by atoms with Crippen LogP contribution < -0.4 is 15.5 Å². The fourth-order valence-corrected chi connectivity index (χ4v) is 3.43. The van der Waals surface area contributed by atoms with E-state index in [4.69, 9.17) is 13.9 Å². The SMILES string of the molecule is CC.COC(=O)c1cc(=O)c(C2CC2)c(CNc2ccc(-c3ccc(OC)cc3)cc2)o1. The van der Waals surface area contributed by atoms with Crippen molar-refractivity contribution >= 4 is 11.7 Å². The van der Waals surface area contributed by atoms with Crippen LogP contribution in [0.2, 0.25) is 0 Å². The molecule has 4 rings (SSSR count). The van der Waals surface area contributed by atoms with E-state index in [0.29, 0.717) is 17.9 Å². The second kappa shape index (κ2) is 10.7. The lowest BCUT2D eigenvalue weighted by Crippen LogP contribution is -2.17. The molecule has 6 nitrogen and oxygen atoms in total. The molecular formula is C26H29NO5. The number of nitrogens with one attached hydrogen (secondary N) is 1. The highest BCUT2D eigenvalue weighted by Gasteiger charge is 2.31. The van der Waals surface area contributed by atoms with E-state index in [1.165, 1.54) is 13.2 Å². The van der Waals surface area contributed by atoms with Crippen molar-refractivity contribution in [2.24, 2.45) is 0 Å². The van der Waals surface area contributed by atoms with Crippen LogP contribution in [0, 0.1) is 0 Å². The van der Waals surface area contributed by atoms with E-state index in [9.17, 15) is 9.59 Å². The van der Waals surface area contributed by atoms with Crippen molar-refractivity contribution in [1.82, 2.24) is 0 Å². The zero-order valence-electron chi connectivity index (χ0n) is 18.9. The lowest BCUT2D eigenvalue weighted by Gasteiger charge is -2.11. The van der Waals surface area contributed by atoms with Crippen LogP contribution in [-0.2, 0) is 11.3 Å². The summed E-state index contributed by atoms with van der Waals surface area (Å²) in [5.74, 6) is 0.795. The summed E-state index contributed by atoms with van der Waals surface area (Å²) in [6.45, 7) is 4.31. The molecule has 0 atom stereocenters. The lowest BCUT2D eigenvalue weighted by atomic mass is 10.1. The summed E-state index contributed by atoms with van der Waals surface area (Å²) in [5.41, 5.74) is 3.55. The number of carbonyl (C=O) groups is 1. The summed E-state index contributed by atoms with van der Waals surface area (Å²) in [4.78, 5) is 24.3. The molecule has 168 valence electrons. The Balaban J connectivity index is 0.00000141. The number of benzene rings is 2. The van der Waals surface area contributed by atoms with Gasteiger partial charge in [0.15, 0.2) is 5.43 Å². The zero-order valence-corrected chi connectivity index (χ0v) is 18.9. The molecule has 2 aromatic carbocycles. The molecule has 0 amide bonds. The lowest BCUT2D eigenvalue weighted by molar-refractivity contribution is 0.0559. The first kappa shape index (κ1) is 23.1. The van der Waals surface area contributed by atoms with Gasteiger partial charge in [0.2, 0.25) is 5.76 Å². The Bertz CT molecular complexity index is 1100. The molecule has 0 aliphatic heterocycles. The van der Waals surface area contributed by atoms with Crippen LogP contribution in [0.25, 0.3) is 11.1 Å². The second-order valence-corrected chi connectivity index (χ2v) is 7.24. The summed E-state index contributed by atoms with van der Waals surface area (Å²) >= 11 is 0. The smallest absolute Gasteiger partial charge is 0.374 e. The fraction of sp³-hybridized carbons (Fsp3) is 0.308. The van der Waals surface area contributed by atoms with Gasteiger partial charge >= 0.3 is 5.97 Å². The highest BCUT2D eigenvalue weighted by Crippen LogP contribution is 2.40. The normalized spacial score (nSPS) is 12.4. The number of methoxy groups -OCH3 is 2. The minimum atomic E-state index is -0.653. The number of carbonyl (C=O) groups excluding carboxylic acids is 1. The topological polar surface area (TPSA) is 77.8 Å². The maximum atomic E-state index is 12.5. The van der Waals surface area contributed by atoms with Crippen molar-refractivity contribution in [3.63, 3.8) is 0 Å². The molecule has 1 saturated carbocycles. The molecule has 0 spiro atoms. The third-order valence-corrected chi connectivity index (χ3v) is 5.19. The first-order valence-corrected chi connectivity index (χ1v) is 10.8. The molecule has 1 N–H and O–H groups in total. The molecule has 1 fully saturated rings. The van der Waals surface area contributed by atoms with Crippen molar-refractivity contribution in [2.45, 2.75) is 39.2 Å². The van der Waals surface area contributed by atoms with E-state index in [1.807, 2.05) is 62.4 Å². The van der Waals surface area contributed by atoms with Crippen LogP contribution in [0.4, 0.5) is 5.69 Å². The minimum absolute atomic E-state index is 0.0708. The molecular weight excluding hydrogens is 406 g/mol. The van der Waals surface area contributed by atoms with E-state index in [-0.39, 0.29) is 17.1 Å². The van der Waals surface area contributed by atoms with Gasteiger partial charge in [0, 0.05) is 17.3 Å². The predicted molar refractivity (Wildman–Crippen MR) is 125 cm³/mol. The van der Waals surface area contributed by atoms with Gasteiger partial charge in [-0.3, -0.25) is 4.79 Å². The Morgan fingerprint density at radius 3 is 2.12 bits per heavy atom. The highest BCUT2D eigenvalue weighted by molar-refractivity contribution is 5.86. The first-order chi connectivity index (χ1) is 15.6. The molecule has 1 aliphatic rings. The van der Waals surface area contributed by atoms with Crippen LogP contribution >= 0.6 is 0 Å². The molecule has 0 saturated heterocycles. The van der Waals surface area contributed by atoms with Crippen LogP contribution in [0.3, 0.4) is 0 Å². The van der Waals surface area contributed by atoms with Crippen LogP contribution in [0.1, 0.15) is 54.5 Å². The minimum Gasteiger partial charge on any atom is -0.497 e. The average Bonchev–Trinajstić information content (AvgIpc) is 3.68. The quantitative estimate of drug-likeness (QED) is 0.486. The number of esters is 1. The Morgan fingerprint density at radius 1 is 1.00 bits per heavy atom. The molecule has 32 heavy (non-hydrogen) atoms. The van der Waals surface area contributed by atoms with E-state index < -0.39 is 5.97 Å². The standard InChI is InChI=1S/C24H23NO5.C2H6/c1-28-19-11-7-16(8-12-19)15-5-9-18(10-6-15)25-14-22-23(17-3-4-17)20(26)13-21(30-22)24(27)29-2;1-2/h5-13,17,25H,3-4,14H2,1-2H3;1-2H3.